The van der Waals surface area contributed by atoms with Crippen molar-refractivity contribution < 1.29 is 29.0 Å². The van der Waals surface area contributed by atoms with Gasteiger partial charge in [-0.2, -0.15) is 0 Å². The lowest BCUT2D eigenvalue weighted by Gasteiger charge is -2.39. The molecule has 1 aliphatic heterocycles. The Balaban J connectivity index is 1.36. The van der Waals surface area contributed by atoms with Gasteiger partial charge in [0.25, 0.3) is 0 Å². The van der Waals surface area contributed by atoms with Gasteiger partial charge < -0.3 is 36.5 Å². The first-order valence-corrected chi connectivity index (χ1v) is 17.3. The standard InChI is InChI=1S/C39H48N6O6/c1-39(2,3)44-35(48)22-32-36-28(27-16-10-11-17-29(27)41-36)18-19-45(32)23-33(46)30(20-25-12-6-4-7-13-25)42-37(49)31(21-34(40)47)43-38(50)51-24-26-14-8-5-9-15-26/h4-17,30-33,41,46H,18-24H2,1-3H3,(H2,40,47)(H,42,49)(H,43,50)(H,44,48)/t30-,31-,32?,33+/m0/s1. The number of aliphatic hydroxyl groups excluding tert-OH is 1. The summed E-state index contributed by atoms with van der Waals surface area (Å²) in [5, 5.41) is 21.4. The molecule has 4 atom stereocenters. The zero-order valence-electron chi connectivity index (χ0n) is 29.4. The van der Waals surface area contributed by atoms with Crippen LogP contribution in [0.2, 0.25) is 0 Å². The fourth-order valence-electron chi connectivity index (χ4n) is 6.58. The molecule has 1 unspecified atom stereocenters. The average Bonchev–Trinajstić information content (AvgIpc) is 3.47. The second-order valence-corrected chi connectivity index (χ2v) is 14.1. The van der Waals surface area contributed by atoms with Crippen LogP contribution in [0.15, 0.2) is 84.9 Å². The molecule has 4 aromatic rings. The quantitative estimate of drug-likeness (QED) is 0.117. The Hall–Kier alpha value is -5.20. The van der Waals surface area contributed by atoms with Gasteiger partial charge in [-0.3, -0.25) is 19.3 Å². The maximum absolute atomic E-state index is 13.7. The van der Waals surface area contributed by atoms with E-state index < -0.39 is 48.1 Å². The van der Waals surface area contributed by atoms with Crippen LogP contribution in [0.25, 0.3) is 10.9 Å². The van der Waals surface area contributed by atoms with Gasteiger partial charge in [-0.1, -0.05) is 78.9 Å². The molecule has 1 aromatic heterocycles. The summed E-state index contributed by atoms with van der Waals surface area (Å²) in [6.07, 6.45) is -1.34. The summed E-state index contributed by atoms with van der Waals surface area (Å²) in [5.41, 5.74) is 9.72. The van der Waals surface area contributed by atoms with Gasteiger partial charge in [0.15, 0.2) is 0 Å². The summed E-state index contributed by atoms with van der Waals surface area (Å²) in [4.78, 5) is 57.4. The predicted molar refractivity (Wildman–Crippen MR) is 194 cm³/mol. The molecule has 0 saturated heterocycles. The van der Waals surface area contributed by atoms with E-state index in [-0.39, 0.29) is 37.9 Å². The van der Waals surface area contributed by atoms with E-state index in [2.05, 4.69) is 31.9 Å². The second kappa shape index (κ2) is 16.7. The fraction of sp³-hybridized carbons (Fsp3) is 0.385. The number of benzene rings is 3. The Morgan fingerprint density at radius 3 is 2.25 bits per heavy atom. The van der Waals surface area contributed by atoms with Crippen LogP contribution in [0.5, 0.6) is 0 Å². The molecular weight excluding hydrogens is 648 g/mol. The van der Waals surface area contributed by atoms with Crippen LogP contribution in [-0.2, 0) is 38.6 Å². The lowest BCUT2D eigenvalue weighted by atomic mass is 9.93. The molecule has 12 nitrogen and oxygen atoms in total. The van der Waals surface area contributed by atoms with E-state index in [0.29, 0.717) is 13.0 Å². The number of amides is 4. The third-order valence-electron chi connectivity index (χ3n) is 8.90. The lowest BCUT2D eigenvalue weighted by molar-refractivity contribution is -0.128. The van der Waals surface area contributed by atoms with Gasteiger partial charge >= 0.3 is 6.09 Å². The molecule has 1 aliphatic rings. The summed E-state index contributed by atoms with van der Waals surface area (Å²) < 4.78 is 5.29. The maximum atomic E-state index is 13.7. The molecule has 12 heteroatoms. The highest BCUT2D eigenvalue weighted by molar-refractivity contribution is 5.90. The number of H-pyrrole nitrogens is 1. The van der Waals surface area contributed by atoms with Crippen LogP contribution in [0.4, 0.5) is 4.79 Å². The van der Waals surface area contributed by atoms with Crippen molar-refractivity contribution in [2.75, 3.05) is 13.1 Å². The molecule has 0 aliphatic carbocycles. The molecule has 51 heavy (non-hydrogen) atoms. The molecule has 270 valence electrons. The van der Waals surface area contributed by atoms with E-state index in [4.69, 9.17) is 10.5 Å². The van der Waals surface area contributed by atoms with Crippen molar-refractivity contribution in [3.05, 3.63) is 107 Å². The van der Waals surface area contributed by atoms with E-state index in [1.165, 1.54) is 0 Å². The number of aromatic amines is 1. The number of nitrogens with two attached hydrogens (primary N) is 1. The Bertz CT molecular complexity index is 1810. The van der Waals surface area contributed by atoms with Crippen LogP contribution in [0.1, 0.15) is 62.0 Å². The number of nitrogens with zero attached hydrogens (tertiary/aromatic N) is 1. The van der Waals surface area contributed by atoms with Gasteiger partial charge in [-0.25, -0.2) is 4.79 Å². The van der Waals surface area contributed by atoms with Gasteiger partial charge in [-0.15, -0.1) is 0 Å². The number of carbonyl (C=O) groups excluding carboxylic acids is 4. The van der Waals surface area contributed by atoms with Crippen LogP contribution in [-0.4, -0.2) is 75.6 Å². The van der Waals surface area contributed by atoms with Gasteiger partial charge in [0.05, 0.1) is 24.6 Å². The van der Waals surface area contributed by atoms with Gasteiger partial charge in [0.2, 0.25) is 17.7 Å². The Labute approximate surface area is 298 Å². The third kappa shape index (κ3) is 10.4. The van der Waals surface area contributed by atoms with Crippen LogP contribution in [0.3, 0.4) is 0 Å². The minimum absolute atomic E-state index is 0.0320. The summed E-state index contributed by atoms with van der Waals surface area (Å²) in [6.45, 7) is 6.47. The monoisotopic (exact) mass is 696 g/mol. The predicted octanol–water partition coefficient (Wildman–Crippen LogP) is 3.63. The van der Waals surface area contributed by atoms with Crippen molar-refractivity contribution in [1.82, 2.24) is 25.8 Å². The van der Waals surface area contributed by atoms with Gasteiger partial charge in [0, 0.05) is 41.6 Å². The Morgan fingerprint density at radius 2 is 1.59 bits per heavy atom. The highest BCUT2D eigenvalue weighted by atomic mass is 16.5. The molecule has 0 spiro atoms. The number of β-amino-alcohol motifs (C(OH)–C–C–N with tert-alkyl or cyclic N) is 1. The number of aliphatic hydroxyl groups is 1. The fourth-order valence-corrected chi connectivity index (χ4v) is 6.58. The summed E-state index contributed by atoms with van der Waals surface area (Å²) >= 11 is 0. The van der Waals surface area contributed by atoms with Crippen molar-refractivity contribution in [3.63, 3.8) is 0 Å². The molecular formula is C39H48N6O6. The van der Waals surface area contributed by atoms with Crippen molar-refractivity contribution in [3.8, 4) is 0 Å². The Morgan fingerprint density at radius 1 is 0.941 bits per heavy atom. The van der Waals surface area contributed by atoms with Gasteiger partial charge in [0.1, 0.15) is 12.6 Å². The van der Waals surface area contributed by atoms with Crippen LogP contribution in [0, 0.1) is 0 Å². The molecule has 0 radical (unpaired) electrons. The van der Waals surface area contributed by atoms with Crippen molar-refractivity contribution in [2.45, 2.75) is 82.8 Å². The SMILES string of the molecule is CC(C)(C)NC(=O)CC1c2[nH]c3ccccc3c2CCN1C[C@@H](O)[C@H](Cc1ccccc1)NC(=O)[C@H](CC(N)=O)NC(=O)OCc1ccccc1. The number of rotatable bonds is 14. The number of carbonyl (C=O) groups is 4. The normalized spacial score (nSPS) is 16.4. The number of hydrogen-bond acceptors (Lipinski definition) is 7. The first-order valence-electron chi connectivity index (χ1n) is 17.3. The minimum atomic E-state index is -1.34. The first-order chi connectivity index (χ1) is 24.4. The number of nitrogens with one attached hydrogen (secondary N) is 4. The molecule has 2 heterocycles. The topological polar surface area (TPSA) is 179 Å². The second-order valence-electron chi connectivity index (χ2n) is 14.1. The number of ether oxygens (including phenoxy) is 1. The number of hydrogen-bond donors (Lipinski definition) is 6. The molecule has 0 saturated carbocycles. The van der Waals surface area contributed by atoms with E-state index in [1.54, 1.807) is 12.1 Å². The maximum Gasteiger partial charge on any atom is 0.408 e. The van der Waals surface area contributed by atoms with E-state index in [9.17, 15) is 24.3 Å². The smallest absolute Gasteiger partial charge is 0.408 e. The molecule has 0 fully saturated rings. The first kappa shape index (κ1) is 37.1. The van der Waals surface area contributed by atoms with E-state index in [1.807, 2.05) is 87.5 Å². The summed E-state index contributed by atoms with van der Waals surface area (Å²) in [7, 11) is 0. The van der Waals surface area contributed by atoms with Crippen molar-refractivity contribution >= 4 is 34.7 Å². The molecule has 0 bridgehead atoms. The number of para-hydroxylation sites is 1. The zero-order chi connectivity index (χ0) is 36.5. The largest absolute Gasteiger partial charge is 0.445 e. The molecule has 5 rings (SSSR count). The highest BCUT2D eigenvalue weighted by Gasteiger charge is 2.36. The Kier molecular flexibility index (Phi) is 12.1. The highest BCUT2D eigenvalue weighted by Crippen LogP contribution is 2.36. The van der Waals surface area contributed by atoms with Crippen molar-refractivity contribution in [1.29, 1.82) is 0 Å². The number of alkyl carbamates (subject to hydrolysis) is 1. The summed E-state index contributed by atoms with van der Waals surface area (Å²) in [6, 6.07) is 23.9. The zero-order valence-corrected chi connectivity index (χ0v) is 29.4. The lowest BCUT2D eigenvalue weighted by Crippen LogP contribution is -2.56. The van der Waals surface area contributed by atoms with E-state index >= 15 is 0 Å². The van der Waals surface area contributed by atoms with Crippen molar-refractivity contribution in [2.24, 2.45) is 5.73 Å². The summed E-state index contributed by atoms with van der Waals surface area (Å²) in [5.74, 6) is -1.60. The average molecular weight is 697 g/mol. The van der Waals surface area contributed by atoms with Gasteiger partial charge in [-0.05, 0) is 56.4 Å². The number of primary amides is 1. The third-order valence-corrected chi connectivity index (χ3v) is 8.90. The molecule has 3 aromatic carbocycles. The van der Waals surface area contributed by atoms with Crippen LogP contribution >= 0.6 is 0 Å². The molecule has 7 N–H and O–H groups in total. The van der Waals surface area contributed by atoms with Crippen LogP contribution < -0.4 is 21.7 Å². The molecule has 4 amide bonds. The number of fused-ring (bicyclic) bond motifs is 3. The number of aromatic nitrogens is 1. The minimum Gasteiger partial charge on any atom is -0.445 e. The van der Waals surface area contributed by atoms with E-state index in [0.717, 1.165) is 33.3 Å².